The van der Waals surface area contributed by atoms with Crippen LogP contribution in [0.4, 0.5) is 0 Å². The van der Waals surface area contributed by atoms with Crippen LogP contribution in [0.2, 0.25) is 0 Å². The number of hydrogen-bond donors (Lipinski definition) is 2. The van der Waals surface area contributed by atoms with Gasteiger partial charge in [0.1, 0.15) is 0 Å². The molecule has 0 radical (unpaired) electrons. The van der Waals surface area contributed by atoms with Crippen LogP contribution in [0.25, 0.3) is 0 Å². The average molecular weight is 337 g/mol. The Morgan fingerprint density at radius 1 is 1.21 bits per heavy atom. The molecule has 0 heterocycles. The van der Waals surface area contributed by atoms with Crippen molar-refractivity contribution in [3.63, 3.8) is 0 Å². The highest BCUT2D eigenvalue weighted by atomic mass is 16.5. The van der Waals surface area contributed by atoms with E-state index in [1.165, 1.54) is 0 Å². The fraction of sp³-hybridized carbons (Fsp3) is 0.556. The van der Waals surface area contributed by atoms with Gasteiger partial charge >= 0.3 is 5.97 Å². The van der Waals surface area contributed by atoms with Crippen molar-refractivity contribution in [2.75, 3.05) is 13.7 Å². The molecule has 1 aromatic rings. The molecule has 1 amide bonds. The first-order valence-corrected chi connectivity index (χ1v) is 8.20. The van der Waals surface area contributed by atoms with Gasteiger partial charge in [0.25, 0.3) is 0 Å². The lowest BCUT2D eigenvalue weighted by molar-refractivity contribution is -0.137. The van der Waals surface area contributed by atoms with Gasteiger partial charge in [-0.1, -0.05) is 19.9 Å². The molecule has 1 rings (SSSR count). The summed E-state index contributed by atoms with van der Waals surface area (Å²) in [6.07, 6.45) is 1.52. The zero-order valence-corrected chi connectivity index (χ0v) is 14.6. The molecular formula is C18H27NO5. The predicted octanol–water partition coefficient (Wildman–Crippen LogP) is 2.99. The van der Waals surface area contributed by atoms with Crippen LogP contribution < -0.4 is 14.8 Å². The first-order valence-electron chi connectivity index (χ1n) is 8.20. The molecule has 0 atom stereocenters. The van der Waals surface area contributed by atoms with Gasteiger partial charge in [-0.3, -0.25) is 9.59 Å². The number of carbonyl (C=O) groups is 2. The van der Waals surface area contributed by atoms with Crippen molar-refractivity contribution < 1.29 is 24.2 Å². The van der Waals surface area contributed by atoms with E-state index in [1.807, 2.05) is 18.2 Å². The fourth-order valence-corrected chi connectivity index (χ4v) is 2.03. The molecule has 0 saturated carbocycles. The number of aliphatic carboxylic acids is 1. The number of benzene rings is 1. The molecule has 1 aromatic carbocycles. The Balaban J connectivity index is 2.48. The summed E-state index contributed by atoms with van der Waals surface area (Å²) < 4.78 is 11.1. The van der Waals surface area contributed by atoms with Crippen molar-refractivity contribution in [1.29, 1.82) is 0 Å². The van der Waals surface area contributed by atoms with Crippen LogP contribution in [0.3, 0.4) is 0 Å². The zero-order valence-electron chi connectivity index (χ0n) is 14.6. The van der Waals surface area contributed by atoms with Gasteiger partial charge in [-0.25, -0.2) is 0 Å². The monoisotopic (exact) mass is 337 g/mol. The lowest BCUT2D eigenvalue weighted by atomic mass is 10.1. The fourth-order valence-electron chi connectivity index (χ4n) is 2.03. The minimum absolute atomic E-state index is 0.00363. The summed E-state index contributed by atoms with van der Waals surface area (Å²) >= 11 is 0. The molecule has 0 saturated heterocycles. The van der Waals surface area contributed by atoms with Gasteiger partial charge in [-0.2, -0.15) is 0 Å². The summed E-state index contributed by atoms with van der Waals surface area (Å²) in [5.74, 6) is 0.853. The van der Waals surface area contributed by atoms with Crippen molar-refractivity contribution in [1.82, 2.24) is 5.32 Å². The molecule has 6 nitrogen and oxygen atoms in total. The van der Waals surface area contributed by atoms with E-state index in [2.05, 4.69) is 19.2 Å². The standard InChI is InChI=1S/C18H27NO5/c1-13(2)9-10-24-15-8-7-14(11-16(15)23-3)12-19-17(20)5-4-6-18(21)22/h7-8,11,13H,4-6,9-10,12H2,1-3H3,(H,19,20)(H,21,22). The maximum atomic E-state index is 11.7. The summed E-state index contributed by atoms with van der Waals surface area (Å²) in [5.41, 5.74) is 0.898. The highest BCUT2D eigenvalue weighted by Crippen LogP contribution is 2.28. The van der Waals surface area contributed by atoms with E-state index in [4.69, 9.17) is 14.6 Å². The summed E-state index contributed by atoms with van der Waals surface area (Å²) in [5, 5.41) is 11.3. The van der Waals surface area contributed by atoms with Crippen LogP contribution >= 0.6 is 0 Å². The number of carboxylic acids is 1. The Labute approximate surface area is 143 Å². The van der Waals surface area contributed by atoms with Crippen molar-refractivity contribution in [2.45, 2.75) is 46.1 Å². The van der Waals surface area contributed by atoms with E-state index in [9.17, 15) is 9.59 Å². The highest BCUT2D eigenvalue weighted by Gasteiger charge is 2.08. The molecule has 134 valence electrons. The van der Waals surface area contributed by atoms with Crippen LogP contribution in [0.15, 0.2) is 18.2 Å². The Kier molecular flexibility index (Phi) is 8.68. The van der Waals surface area contributed by atoms with E-state index in [-0.39, 0.29) is 18.7 Å². The lowest BCUT2D eigenvalue weighted by Gasteiger charge is -2.13. The van der Waals surface area contributed by atoms with Gasteiger partial charge in [0.05, 0.1) is 13.7 Å². The average Bonchev–Trinajstić information content (AvgIpc) is 2.53. The molecule has 0 bridgehead atoms. The SMILES string of the molecule is COc1cc(CNC(=O)CCCC(=O)O)ccc1OCCC(C)C. The molecule has 0 aliphatic carbocycles. The van der Waals surface area contributed by atoms with Gasteiger partial charge < -0.3 is 19.9 Å². The number of ether oxygens (including phenoxy) is 2. The second kappa shape index (κ2) is 10.5. The Hall–Kier alpha value is -2.24. The van der Waals surface area contributed by atoms with Crippen molar-refractivity contribution >= 4 is 11.9 Å². The largest absolute Gasteiger partial charge is 0.493 e. The molecule has 0 aromatic heterocycles. The van der Waals surface area contributed by atoms with Crippen LogP contribution in [0.1, 0.15) is 45.1 Å². The quantitative estimate of drug-likeness (QED) is 0.648. The molecule has 0 spiro atoms. The maximum Gasteiger partial charge on any atom is 0.303 e. The first kappa shape index (κ1) is 19.8. The summed E-state index contributed by atoms with van der Waals surface area (Å²) in [6.45, 7) is 5.29. The zero-order chi connectivity index (χ0) is 17.9. The molecular weight excluding hydrogens is 310 g/mol. The number of rotatable bonds is 11. The summed E-state index contributed by atoms with van der Waals surface area (Å²) in [4.78, 5) is 22.1. The second-order valence-electron chi connectivity index (χ2n) is 6.04. The minimum atomic E-state index is -0.888. The number of hydrogen-bond acceptors (Lipinski definition) is 4. The van der Waals surface area contributed by atoms with Gasteiger partial charge in [-0.05, 0) is 36.5 Å². The first-order chi connectivity index (χ1) is 11.4. The van der Waals surface area contributed by atoms with Crippen LogP contribution in [-0.2, 0) is 16.1 Å². The third kappa shape index (κ3) is 7.85. The third-order valence-corrected chi connectivity index (χ3v) is 3.46. The van der Waals surface area contributed by atoms with Crippen molar-refractivity contribution in [3.8, 4) is 11.5 Å². The smallest absolute Gasteiger partial charge is 0.303 e. The normalized spacial score (nSPS) is 10.5. The Morgan fingerprint density at radius 2 is 1.96 bits per heavy atom. The topological polar surface area (TPSA) is 84.9 Å². The molecule has 24 heavy (non-hydrogen) atoms. The van der Waals surface area contributed by atoms with E-state index in [0.717, 1.165) is 12.0 Å². The van der Waals surface area contributed by atoms with Gasteiger partial charge in [0.2, 0.25) is 5.91 Å². The molecule has 0 aliphatic rings. The Morgan fingerprint density at radius 3 is 2.58 bits per heavy atom. The molecule has 0 unspecified atom stereocenters. The number of carboxylic acid groups (broad SMARTS) is 1. The number of methoxy groups -OCH3 is 1. The third-order valence-electron chi connectivity index (χ3n) is 3.46. The van der Waals surface area contributed by atoms with E-state index < -0.39 is 5.97 Å². The molecule has 6 heteroatoms. The van der Waals surface area contributed by atoms with Crippen LogP contribution in [0.5, 0.6) is 11.5 Å². The minimum Gasteiger partial charge on any atom is -0.493 e. The number of nitrogens with one attached hydrogen (secondary N) is 1. The summed E-state index contributed by atoms with van der Waals surface area (Å²) in [6, 6.07) is 5.55. The van der Waals surface area contributed by atoms with Crippen molar-refractivity contribution in [2.24, 2.45) is 5.92 Å². The molecule has 0 aliphatic heterocycles. The second-order valence-corrected chi connectivity index (χ2v) is 6.04. The predicted molar refractivity (Wildman–Crippen MR) is 91.3 cm³/mol. The molecule has 0 fully saturated rings. The number of amides is 1. The number of carbonyl (C=O) groups excluding carboxylic acids is 1. The van der Waals surface area contributed by atoms with Crippen LogP contribution in [-0.4, -0.2) is 30.7 Å². The maximum absolute atomic E-state index is 11.7. The van der Waals surface area contributed by atoms with Crippen molar-refractivity contribution in [3.05, 3.63) is 23.8 Å². The summed E-state index contributed by atoms with van der Waals surface area (Å²) in [7, 11) is 1.58. The lowest BCUT2D eigenvalue weighted by Crippen LogP contribution is -2.22. The van der Waals surface area contributed by atoms with Gasteiger partial charge in [0.15, 0.2) is 11.5 Å². The Bertz CT molecular complexity index is 542. The molecule has 2 N–H and O–H groups in total. The highest BCUT2D eigenvalue weighted by molar-refractivity contribution is 5.76. The van der Waals surface area contributed by atoms with Gasteiger partial charge in [0, 0.05) is 19.4 Å². The van der Waals surface area contributed by atoms with E-state index in [1.54, 1.807) is 7.11 Å². The van der Waals surface area contributed by atoms with Crippen LogP contribution in [0, 0.1) is 5.92 Å². The van der Waals surface area contributed by atoms with E-state index in [0.29, 0.717) is 37.0 Å². The van der Waals surface area contributed by atoms with Gasteiger partial charge in [-0.15, -0.1) is 0 Å². The van der Waals surface area contributed by atoms with E-state index >= 15 is 0 Å².